The second-order valence-electron chi connectivity index (χ2n) is 9.00. The van der Waals surface area contributed by atoms with Crippen LogP contribution in [0.2, 0.25) is 0 Å². The van der Waals surface area contributed by atoms with Gasteiger partial charge in [0.25, 0.3) is 0 Å². The van der Waals surface area contributed by atoms with Crippen LogP contribution in [-0.2, 0) is 17.6 Å². The number of amides is 1. The van der Waals surface area contributed by atoms with Gasteiger partial charge in [-0.1, -0.05) is 60.7 Å². The highest BCUT2D eigenvalue weighted by atomic mass is 16.6. The van der Waals surface area contributed by atoms with Crippen molar-refractivity contribution in [2.24, 2.45) is 0 Å². The fourth-order valence-corrected chi connectivity index (χ4v) is 3.67. The Hall–Kier alpha value is -3.19. The normalized spacial score (nSPS) is 14.4. The van der Waals surface area contributed by atoms with Gasteiger partial charge in [0, 0.05) is 5.92 Å². The van der Waals surface area contributed by atoms with Crippen LogP contribution in [0.15, 0.2) is 67.0 Å². The molecule has 170 valence electrons. The van der Waals surface area contributed by atoms with E-state index in [4.69, 9.17) is 4.74 Å². The molecule has 0 saturated carbocycles. The Bertz CT molecular complexity index is 940. The number of H-pyrrole nitrogens is 1. The molecule has 0 spiro atoms. The lowest BCUT2D eigenvalue weighted by molar-refractivity contribution is 0.0404. The predicted molar refractivity (Wildman–Crippen MR) is 123 cm³/mol. The number of nitrogens with zero attached hydrogens (tertiary/aromatic N) is 2. The molecule has 1 amide bonds. The van der Waals surface area contributed by atoms with E-state index in [0.29, 0.717) is 25.1 Å². The monoisotopic (exact) mass is 436 g/mol. The third-order valence-electron chi connectivity index (χ3n) is 5.14. The molecule has 2 aromatic carbocycles. The van der Waals surface area contributed by atoms with Crippen molar-refractivity contribution in [2.75, 3.05) is 0 Å². The molecule has 1 aromatic heterocycles. The van der Waals surface area contributed by atoms with E-state index in [2.05, 4.69) is 32.6 Å². The molecule has 1 heterocycles. The van der Waals surface area contributed by atoms with Crippen LogP contribution in [-0.4, -0.2) is 44.1 Å². The van der Waals surface area contributed by atoms with Crippen LogP contribution >= 0.6 is 0 Å². The number of aliphatic hydroxyl groups is 1. The average Bonchev–Trinajstić information content (AvgIpc) is 3.28. The summed E-state index contributed by atoms with van der Waals surface area (Å²) in [6, 6.07) is 19.3. The number of nitrogens with one attached hydrogen (secondary N) is 2. The van der Waals surface area contributed by atoms with E-state index in [1.807, 2.05) is 69.3 Å². The number of hydrogen-bond donors (Lipinski definition) is 3. The number of hydrogen-bond acceptors (Lipinski definition) is 5. The number of aromatic nitrogens is 3. The maximum Gasteiger partial charge on any atom is 0.407 e. The molecule has 0 bridgehead atoms. The van der Waals surface area contributed by atoms with Crippen LogP contribution in [0.5, 0.6) is 0 Å². The van der Waals surface area contributed by atoms with Crippen LogP contribution in [0.4, 0.5) is 4.79 Å². The SMILES string of the molecule is CC(C)(C)OC(=O)N[C@@H](Cc1ccccc1)[C@@H](O)CC(Cc1ccccc1)c1ncn[nH]1. The van der Waals surface area contributed by atoms with E-state index in [1.165, 1.54) is 6.33 Å². The smallest absolute Gasteiger partial charge is 0.407 e. The van der Waals surface area contributed by atoms with Gasteiger partial charge < -0.3 is 15.2 Å². The molecule has 7 nitrogen and oxygen atoms in total. The summed E-state index contributed by atoms with van der Waals surface area (Å²) in [4.78, 5) is 16.8. The van der Waals surface area contributed by atoms with Gasteiger partial charge in [-0.15, -0.1) is 0 Å². The number of alkyl carbamates (subject to hydrolysis) is 1. The van der Waals surface area contributed by atoms with E-state index < -0.39 is 23.8 Å². The molecular weight excluding hydrogens is 404 g/mol. The van der Waals surface area contributed by atoms with Crippen LogP contribution in [0.25, 0.3) is 0 Å². The fourth-order valence-electron chi connectivity index (χ4n) is 3.67. The Morgan fingerprint density at radius 2 is 1.62 bits per heavy atom. The number of benzene rings is 2. The van der Waals surface area contributed by atoms with Gasteiger partial charge in [0.05, 0.1) is 12.1 Å². The highest BCUT2D eigenvalue weighted by Crippen LogP contribution is 2.25. The first-order valence-corrected chi connectivity index (χ1v) is 10.9. The quantitative estimate of drug-likeness (QED) is 0.470. The Kier molecular flexibility index (Phi) is 8.00. The predicted octanol–water partition coefficient (Wildman–Crippen LogP) is 4.02. The van der Waals surface area contributed by atoms with Crippen molar-refractivity contribution in [3.8, 4) is 0 Å². The van der Waals surface area contributed by atoms with Crippen molar-refractivity contribution in [1.29, 1.82) is 0 Å². The summed E-state index contributed by atoms with van der Waals surface area (Å²) in [5.41, 5.74) is 1.54. The molecule has 3 atom stereocenters. The Morgan fingerprint density at radius 1 is 1.03 bits per heavy atom. The van der Waals surface area contributed by atoms with Gasteiger partial charge in [0.2, 0.25) is 0 Å². The first-order chi connectivity index (χ1) is 15.3. The van der Waals surface area contributed by atoms with Gasteiger partial charge in [-0.25, -0.2) is 9.78 Å². The molecule has 0 aliphatic carbocycles. The lowest BCUT2D eigenvalue weighted by atomic mass is 9.89. The zero-order valence-electron chi connectivity index (χ0n) is 18.9. The van der Waals surface area contributed by atoms with Gasteiger partial charge in [0.15, 0.2) is 0 Å². The summed E-state index contributed by atoms with van der Waals surface area (Å²) in [5, 5.41) is 21.0. The first-order valence-electron chi connectivity index (χ1n) is 10.9. The van der Waals surface area contributed by atoms with Crippen LogP contribution in [0, 0.1) is 0 Å². The summed E-state index contributed by atoms with van der Waals surface area (Å²) in [7, 11) is 0. The van der Waals surface area contributed by atoms with Gasteiger partial charge in [-0.05, 0) is 51.2 Å². The Balaban J connectivity index is 1.77. The molecule has 3 rings (SSSR count). The topological polar surface area (TPSA) is 100 Å². The molecule has 0 saturated heterocycles. The van der Waals surface area contributed by atoms with E-state index in [0.717, 1.165) is 11.1 Å². The van der Waals surface area contributed by atoms with Crippen molar-refractivity contribution in [3.63, 3.8) is 0 Å². The van der Waals surface area contributed by atoms with Crippen molar-refractivity contribution in [2.45, 2.75) is 63.7 Å². The Morgan fingerprint density at radius 3 is 2.16 bits per heavy atom. The summed E-state index contributed by atoms with van der Waals surface area (Å²) in [5.74, 6) is 0.622. The highest BCUT2D eigenvalue weighted by Gasteiger charge is 2.28. The van der Waals surface area contributed by atoms with Gasteiger partial charge in [-0.2, -0.15) is 5.10 Å². The minimum absolute atomic E-state index is 0.0893. The fraction of sp³-hybridized carbons (Fsp3) is 0.400. The largest absolute Gasteiger partial charge is 0.444 e. The standard InChI is InChI=1S/C25H32N4O3/c1-25(2,3)32-24(31)28-21(15-19-12-8-5-9-13-19)22(30)16-20(23-26-17-27-29-23)14-18-10-6-4-7-11-18/h4-13,17,20-22,30H,14-16H2,1-3H3,(H,28,31)(H,26,27,29)/t20?,21-,22-/m0/s1. The molecule has 1 unspecified atom stereocenters. The van der Waals surface area contributed by atoms with Crippen molar-refractivity contribution < 1.29 is 14.6 Å². The summed E-state index contributed by atoms with van der Waals surface area (Å²) in [6.45, 7) is 5.44. The minimum Gasteiger partial charge on any atom is -0.444 e. The second kappa shape index (κ2) is 10.9. The molecule has 7 heteroatoms. The van der Waals surface area contributed by atoms with Crippen LogP contribution in [0.1, 0.15) is 50.1 Å². The molecule has 0 radical (unpaired) electrons. The average molecular weight is 437 g/mol. The highest BCUT2D eigenvalue weighted by molar-refractivity contribution is 5.68. The summed E-state index contributed by atoms with van der Waals surface area (Å²) < 4.78 is 5.44. The van der Waals surface area contributed by atoms with Crippen molar-refractivity contribution >= 4 is 6.09 Å². The molecule has 3 aromatic rings. The molecule has 3 N–H and O–H groups in total. The van der Waals surface area contributed by atoms with Crippen LogP contribution < -0.4 is 5.32 Å². The molecule has 32 heavy (non-hydrogen) atoms. The summed E-state index contributed by atoms with van der Waals surface area (Å²) in [6.07, 6.45) is 1.68. The Labute approximate surface area is 189 Å². The van der Waals surface area contributed by atoms with Crippen molar-refractivity contribution in [3.05, 3.63) is 83.9 Å². The first kappa shape index (κ1) is 23.5. The zero-order chi connectivity index (χ0) is 23.0. The number of carbonyl (C=O) groups excluding carboxylic acids is 1. The van der Waals surface area contributed by atoms with Gasteiger partial charge >= 0.3 is 6.09 Å². The third kappa shape index (κ3) is 7.50. The van der Waals surface area contributed by atoms with Gasteiger partial charge in [0.1, 0.15) is 17.8 Å². The van der Waals surface area contributed by atoms with E-state index in [9.17, 15) is 9.90 Å². The van der Waals surface area contributed by atoms with Gasteiger partial charge in [-0.3, -0.25) is 5.10 Å². The number of carbonyl (C=O) groups is 1. The maximum absolute atomic E-state index is 12.5. The number of rotatable bonds is 9. The zero-order valence-corrected chi connectivity index (χ0v) is 18.9. The molecule has 0 fully saturated rings. The third-order valence-corrected chi connectivity index (χ3v) is 5.14. The molecule has 0 aliphatic heterocycles. The number of ether oxygens (including phenoxy) is 1. The maximum atomic E-state index is 12.5. The molecule has 0 aliphatic rings. The lowest BCUT2D eigenvalue weighted by Crippen LogP contribution is -2.47. The second-order valence-corrected chi connectivity index (χ2v) is 9.00. The number of aliphatic hydroxyl groups excluding tert-OH is 1. The van der Waals surface area contributed by atoms with E-state index in [1.54, 1.807) is 0 Å². The van der Waals surface area contributed by atoms with Crippen molar-refractivity contribution in [1.82, 2.24) is 20.5 Å². The summed E-state index contributed by atoms with van der Waals surface area (Å²) >= 11 is 0. The molecular formula is C25H32N4O3. The van der Waals surface area contributed by atoms with E-state index >= 15 is 0 Å². The lowest BCUT2D eigenvalue weighted by Gasteiger charge is -2.28. The van der Waals surface area contributed by atoms with E-state index in [-0.39, 0.29) is 5.92 Å². The number of aromatic amines is 1. The van der Waals surface area contributed by atoms with Crippen LogP contribution in [0.3, 0.4) is 0 Å². The minimum atomic E-state index is -0.818.